The summed E-state index contributed by atoms with van der Waals surface area (Å²) >= 11 is 3.71. The molecule has 2 heterocycles. The third-order valence-corrected chi connectivity index (χ3v) is 7.98. The Morgan fingerprint density at radius 3 is 2.00 bits per heavy atom. The highest BCUT2D eigenvalue weighted by Gasteiger charge is 2.39. The minimum absolute atomic E-state index is 0.580. The summed E-state index contributed by atoms with van der Waals surface area (Å²) in [5.74, 6) is 0.580. The minimum Gasteiger partial charge on any atom is -0.374 e. The molecule has 1 aromatic rings. The summed E-state index contributed by atoms with van der Waals surface area (Å²) in [6.07, 6.45) is 3.81. The Morgan fingerprint density at radius 1 is 1.00 bits per heavy atom. The first-order chi connectivity index (χ1) is 12.3. The van der Waals surface area contributed by atoms with Gasteiger partial charge in [0.15, 0.2) is 0 Å². The fourth-order valence-electron chi connectivity index (χ4n) is 2.03. The van der Waals surface area contributed by atoms with E-state index >= 15 is 0 Å². The Hall–Kier alpha value is -0.653. The van der Waals surface area contributed by atoms with E-state index in [0.717, 1.165) is 19.0 Å². The molecule has 0 radical (unpaired) electrons. The van der Waals surface area contributed by atoms with Crippen molar-refractivity contribution in [2.75, 3.05) is 36.8 Å². The Morgan fingerprint density at radius 2 is 1.56 bits per heavy atom. The monoisotopic (exact) mass is 404 g/mol. The van der Waals surface area contributed by atoms with Crippen LogP contribution in [-0.2, 0) is 13.3 Å². The second kappa shape index (κ2) is 14.5. The summed E-state index contributed by atoms with van der Waals surface area (Å²) in [6, 6.07) is 0.778. The van der Waals surface area contributed by atoms with Gasteiger partial charge in [-0.1, -0.05) is 0 Å². The molecule has 0 spiro atoms. The molecular weight excluding hydrogens is 376 g/mol. The molecule has 0 aromatic carbocycles. The number of anilines is 1. The Labute approximate surface area is 160 Å². The number of hydrogen-bond donors (Lipinski definition) is 1. The molecule has 1 aliphatic rings. The molecule has 10 heteroatoms. The quantitative estimate of drug-likeness (QED) is 0.439. The van der Waals surface area contributed by atoms with Gasteiger partial charge in [-0.15, -0.1) is 23.5 Å². The van der Waals surface area contributed by atoms with E-state index in [1.54, 1.807) is 0 Å². The smallest absolute Gasteiger partial charge is 0.374 e. The summed E-state index contributed by atoms with van der Waals surface area (Å²) in [5, 5.41) is 8.59. The van der Waals surface area contributed by atoms with Crippen LogP contribution in [-0.4, -0.2) is 55.2 Å². The van der Waals surface area contributed by atoms with E-state index in [1.807, 2.05) is 44.3 Å². The molecule has 0 amide bonds. The highest BCUT2D eigenvalue weighted by atomic mass is 32.2. The highest BCUT2D eigenvalue weighted by molar-refractivity contribution is 8.21. The van der Waals surface area contributed by atoms with Crippen molar-refractivity contribution in [3.63, 3.8) is 0 Å². The molecule has 142 valence electrons. The van der Waals surface area contributed by atoms with E-state index in [0.29, 0.717) is 25.8 Å². The van der Waals surface area contributed by atoms with Gasteiger partial charge in [-0.05, 0) is 38.0 Å². The van der Waals surface area contributed by atoms with Gasteiger partial charge < -0.3 is 18.6 Å². The van der Waals surface area contributed by atoms with Gasteiger partial charge in [0.1, 0.15) is 12.7 Å². The maximum atomic E-state index is 5.79. The minimum atomic E-state index is -2.53. The van der Waals surface area contributed by atoms with E-state index in [4.69, 9.17) is 13.3 Å². The van der Waals surface area contributed by atoms with Crippen molar-refractivity contribution in [2.24, 2.45) is 0 Å². The van der Waals surface area contributed by atoms with Crippen molar-refractivity contribution < 1.29 is 13.3 Å². The van der Waals surface area contributed by atoms with E-state index < -0.39 is 8.80 Å². The first-order valence-corrected chi connectivity index (χ1v) is 12.4. The van der Waals surface area contributed by atoms with Gasteiger partial charge in [-0.25, -0.2) is 15.0 Å². The molecule has 1 N–H and O–H groups in total. The predicted molar refractivity (Wildman–Crippen MR) is 108 cm³/mol. The van der Waals surface area contributed by atoms with Crippen LogP contribution in [0.15, 0.2) is 23.5 Å². The van der Waals surface area contributed by atoms with E-state index in [-0.39, 0.29) is 0 Å². The summed E-state index contributed by atoms with van der Waals surface area (Å²) in [4.78, 5) is 11.8. The van der Waals surface area contributed by atoms with Crippen molar-refractivity contribution >= 4 is 38.3 Å². The van der Waals surface area contributed by atoms with Gasteiger partial charge in [0.05, 0.1) is 0 Å². The van der Waals surface area contributed by atoms with Crippen molar-refractivity contribution in [2.45, 2.75) is 33.2 Å². The zero-order valence-electron chi connectivity index (χ0n) is 15.1. The van der Waals surface area contributed by atoms with Crippen LogP contribution in [0.25, 0.3) is 0 Å². The van der Waals surface area contributed by atoms with Crippen molar-refractivity contribution in [1.82, 2.24) is 15.0 Å². The summed E-state index contributed by atoms with van der Waals surface area (Å²) in [5.41, 5.74) is 0. The summed E-state index contributed by atoms with van der Waals surface area (Å²) in [6.45, 7) is 8.44. The first-order valence-electron chi connectivity index (χ1n) is 8.42. The third-order valence-electron chi connectivity index (χ3n) is 2.91. The predicted octanol–water partition coefficient (Wildman–Crippen LogP) is 3.62. The van der Waals surface area contributed by atoms with Gasteiger partial charge in [0.25, 0.3) is 0 Å². The molecule has 1 aromatic heterocycles. The fraction of sp³-hybridized carbons (Fsp3) is 0.667. The van der Waals surface area contributed by atoms with Crippen LogP contribution in [0.5, 0.6) is 0 Å². The second-order valence-electron chi connectivity index (χ2n) is 4.70. The van der Waals surface area contributed by atoms with Crippen LogP contribution in [0.1, 0.15) is 27.2 Å². The van der Waals surface area contributed by atoms with Crippen LogP contribution < -0.4 is 5.32 Å². The second-order valence-corrected chi connectivity index (χ2v) is 9.58. The van der Waals surface area contributed by atoms with Crippen LogP contribution in [0.2, 0.25) is 6.04 Å². The fourth-order valence-corrected chi connectivity index (χ4v) is 6.22. The maximum Gasteiger partial charge on any atom is 0.500 e. The average Bonchev–Trinajstić information content (AvgIpc) is 3.20. The number of hydrogen-bond acceptors (Lipinski definition) is 9. The number of nitrogens with zero attached hydrogens (tertiary/aromatic N) is 3. The molecule has 0 atom stereocenters. The number of thioether (sulfide) groups is 2. The SMILES string of the molecule is C1=CSCS1.CCO[Si](CCCNc1ncncn1)(OCC)OCC. The van der Waals surface area contributed by atoms with E-state index in [1.165, 1.54) is 17.7 Å². The van der Waals surface area contributed by atoms with Crippen LogP contribution in [0, 0.1) is 0 Å². The van der Waals surface area contributed by atoms with Crippen molar-refractivity contribution in [3.8, 4) is 0 Å². The zero-order chi connectivity index (χ0) is 18.2. The van der Waals surface area contributed by atoms with Crippen molar-refractivity contribution in [3.05, 3.63) is 23.5 Å². The molecular formula is C15H28N4O3S2Si. The average molecular weight is 405 g/mol. The molecule has 1 aliphatic heterocycles. The van der Waals surface area contributed by atoms with Crippen LogP contribution >= 0.6 is 23.5 Å². The largest absolute Gasteiger partial charge is 0.500 e. The zero-order valence-corrected chi connectivity index (χ0v) is 17.8. The normalized spacial score (nSPS) is 13.4. The third kappa shape index (κ3) is 10.2. The first kappa shape index (κ1) is 22.4. The molecule has 0 bridgehead atoms. The van der Waals surface area contributed by atoms with Gasteiger partial charge in [-0.3, -0.25) is 0 Å². The van der Waals surface area contributed by atoms with Crippen LogP contribution in [0.4, 0.5) is 5.95 Å². The number of rotatable bonds is 11. The Balaban J connectivity index is 0.000000531. The van der Waals surface area contributed by atoms with E-state index in [2.05, 4.69) is 31.1 Å². The number of nitrogens with one attached hydrogen (secondary N) is 1. The molecule has 0 unspecified atom stereocenters. The van der Waals surface area contributed by atoms with Crippen LogP contribution in [0.3, 0.4) is 0 Å². The molecule has 25 heavy (non-hydrogen) atoms. The van der Waals surface area contributed by atoms with Crippen molar-refractivity contribution in [1.29, 1.82) is 0 Å². The van der Waals surface area contributed by atoms with Gasteiger partial charge >= 0.3 is 8.80 Å². The molecule has 7 nitrogen and oxygen atoms in total. The Bertz CT molecular complexity index is 448. The standard InChI is InChI=1S/C12H24N4O3Si.C3H4S2/c1-4-17-20(18-5-2,19-6-3)9-7-8-14-12-15-10-13-11-16-12;1-2-5-3-4-1/h10-11H,4-9H2,1-3H3,(H,13,14,15,16);1-2H,3H2. The van der Waals surface area contributed by atoms with E-state index in [9.17, 15) is 0 Å². The Kier molecular flexibility index (Phi) is 13.0. The molecule has 0 aliphatic carbocycles. The maximum absolute atomic E-state index is 5.79. The summed E-state index contributed by atoms with van der Waals surface area (Å²) < 4.78 is 17.4. The lowest BCUT2D eigenvalue weighted by molar-refractivity contribution is 0.0710. The topological polar surface area (TPSA) is 78.4 Å². The number of aromatic nitrogens is 3. The molecule has 2 rings (SSSR count). The van der Waals surface area contributed by atoms with Gasteiger partial charge in [0.2, 0.25) is 5.95 Å². The van der Waals surface area contributed by atoms with Gasteiger partial charge in [0, 0.05) is 37.5 Å². The van der Waals surface area contributed by atoms with Gasteiger partial charge in [-0.2, -0.15) is 0 Å². The highest BCUT2D eigenvalue weighted by Crippen LogP contribution is 2.22. The lowest BCUT2D eigenvalue weighted by atomic mass is 10.5. The lowest BCUT2D eigenvalue weighted by Gasteiger charge is -2.28. The summed E-state index contributed by atoms with van der Waals surface area (Å²) in [7, 11) is -2.53. The molecule has 0 saturated carbocycles. The molecule has 0 saturated heterocycles. The lowest BCUT2D eigenvalue weighted by Crippen LogP contribution is -2.46. The molecule has 0 fully saturated rings.